The van der Waals surface area contributed by atoms with Gasteiger partial charge in [0.1, 0.15) is 5.75 Å². The SMILES string of the molecule is CCCCCC(O)c1ccccc1O. The number of para-hydroxylation sites is 1. The van der Waals surface area contributed by atoms with Crippen LogP contribution in [0, 0.1) is 0 Å². The van der Waals surface area contributed by atoms with Crippen molar-refractivity contribution in [3.05, 3.63) is 29.8 Å². The van der Waals surface area contributed by atoms with Crippen LogP contribution in [0.2, 0.25) is 0 Å². The summed E-state index contributed by atoms with van der Waals surface area (Å²) in [6.45, 7) is 2.13. The van der Waals surface area contributed by atoms with Crippen LogP contribution < -0.4 is 0 Å². The molecule has 0 radical (unpaired) electrons. The largest absolute Gasteiger partial charge is 0.508 e. The van der Waals surface area contributed by atoms with Crippen LogP contribution >= 0.6 is 0 Å². The molecule has 0 aliphatic heterocycles. The quantitative estimate of drug-likeness (QED) is 0.707. The van der Waals surface area contributed by atoms with Gasteiger partial charge >= 0.3 is 0 Å². The van der Waals surface area contributed by atoms with Gasteiger partial charge in [-0.25, -0.2) is 0 Å². The maximum absolute atomic E-state index is 9.77. The van der Waals surface area contributed by atoms with E-state index in [1.807, 2.05) is 6.07 Å². The second-order valence-corrected chi connectivity index (χ2v) is 3.57. The molecular formula is C12H18O2. The van der Waals surface area contributed by atoms with E-state index >= 15 is 0 Å². The number of phenols is 1. The first-order valence-corrected chi connectivity index (χ1v) is 5.21. The van der Waals surface area contributed by atoms with Crippen molar-refractivity contribution in [3.63, 3.8) is 0 Å². The molecule has 0 aliphatic rings. The minimum Gasteiger partial charge on any atom is -0.508 e. The summed E-state index contributed by atoms with van der Waals surface area (Å²) in [7, 11) is 0. The maximum Gasteiger partial charge on any atom is 0.121 e. The van der Waals surface area contributed by atoms with Gasteiger partial charge in [-0.05, 0) is 12.5 Å². The van der Waals surface area contributed by atoms with E-state index < -0.39 is 6.10 Å². The summed E-state index contributed by atoms with van der Waals surface area (Å²) in [6.07, 6.45) is 3.48. The molecule has 1 unspecified atom stereocenters. The predicted octanol–water partition coefficient (Wildman–Crippen LogP) is 3.01. The first-order chi connectivity index (χ1) is 6.75. The second kappa shape index (κ2) is 5.66. The fraction of sp³-hybridized carbons (Fsp3) is 0.500. The van der Waals surface area contributed by atoms with Gasteiger partial charge in [-0.1, -0.05) is 44.4 Å². The van der Waals surface area contributed by atoms with Gasteiger partial charge in [0.25, 0.3) is 0 Å². The van der Waals surface area contributed by atoms with Gasteiger partial charge in [0.2, 0.25) is 0 Å². The molecular weight excluding hydrogens is 176 g/mol. The summed E-state index contributed by atoms with van der Waals surface area (Å²) >= 11 is 0. The van der Waals surface area contributed by atoms with Crippen LogP contribution in [-0.4, -0.2) is 10.2 Å². The van der Waals surface area contributed by atoms with E-state index in [-0.39, 0.29) is 5.75 Å². The summed E-state index contributed by atoms with van der Waals surface area (Å²) in [6, 6.07) is 6.97. The first kappa shape index (κ1) is 11.1. The highest BCUT2D eigenvalue weighted by molar-refractivity contribution is 5.33. The minimum absolute atomic E-state index is 0.191. The average Bonchev–Trinajstić information content (AvgIpc) is 2.18. The molecule has 0 aliphatic carbocycles. The van der Waals surface area contributed by atoms with Crippen molar-refractivity contribution >= 4 is 0 Å². The van der Waals surface area contributed by atoms with Crippen LogP contribution in [0.1, 0.15) is 44.3 Å². The number of phenolic OH excluding ortho intramolecular Hbond substituents is 1. The lowest BCUT2D eigenvalue weighted by atomic mass is 10.0. The van der Waals surface area contributed by atoms with Crippen molar-refractivity contribution < 1.29 is 10.2 Å². The Bertz CT molecular complexity index is 271. The zero-order valence-electron chi connectivity index (χ0n) is 8.61. The highest BCUT2D eigenvalue weighted by Gasteiger charge is 2.10. The van der Waals surface area contributed by atoms with E-state index in [9.17, 15) is 10.2 Å². The Balaban J connectivity index is 2.51. The van der Waals surface area contributed by atoms with Crippen LogP contribution in [0.3, 0.4) is 0 Å². The lowest BCUT2D eigenvalue weighted by Crippen LogP contribution is -1.97. The molecule has 0 amide bonds. The smallest absolute Gasteiger partial charge is 0.121 e. The highest BCUT2D eigenvalue weighted by atomic mass is 16.3. The molecule has 78 valence electrons. The van der Waals surface area contributed by atoms with Crippen molar-refractivity contribution in [1.29, 1.82) is 0 Å². The average molecular weight is 194 g/mol. The number of hydrogen-bond donors (Lipinski definition) is 2. The Kier molecular flexibility index (Phi) is 4.47. The Labute approximate surface area is 85.2 Å². The standard InChI is InChI=1S/C12H18O2/c1-2-3-4-8-11(13)10-7-5-6-9-12(10)14/h5-7,9,11,13-14H,2-4,8H2,1H3. The third-order valence-electron chi connectivity index (χ3n) is 2.38. The molecule has 0 saturated carbocycles. The number of benzene rings is 1. The summed E-state index contributed by atoms with van der Waals surface area (Å²) in [5.41, 5.74) is 0.642. The molecule has 1 atom stereocenters. The Morgan fingerprint density at radius 2 is 1.93 bits per heavy atom. The van der Waals surface area contributed by atoms with Gasteiger partial charge in [0.15, 0.2) is 0 Å². The molecule has 1 aromatic carbocycles. The summed E-state index contributed by atoms with van der Waals surface area (Å²) in [5.74, 6) is 0.191. The Morgan fingerprint density at radius 1 is 1.21 bits per heavy atom. The van der Waals surface area contributed by atoms with Crippen molar-refractivity contribution in [2.45, 2.75) is 38.7 Å². The molecule has 0 fully saturated rings. The summed E-state index contributed by atoms with van der Waals surface area (Å²) in [5, 5.41) is 19.2. The van der Waals surface area contributed by atoms with E-state index in [0.29, 0.717) is 5.56 Å². The van der Waals surface area contributed by atoms with Crippen LogP contribution in [0.15, 0.2) is 24.3 Å². The van der Waals surface area contributed by atoms with Crippen LogP contribution in [0.25, 0.3) is 0 Å². The summed E-state index contributed by atoms with van der Waals surface area (Å²) < 4.78 is 0. The lowest BCUT2D eigenvalue weighted by Gasteiger charge is -2.11. The number of rotatable bonds is 5. The number of aliphatic hydroxyl groups is 1. The molecule has 0 spiro atoms. The second-order valence-electron chi connectivity index (χ2n) is 3.57. The normalized spacial score (nSPS) is 12.7. The number of aromatic hydroxyl groups is 1. The zero-order valence-corrected chi connectivity index (χ0v) is 8.61. The summed E-state index contributed by atoms with van der Waals surface area (Å²) in [4.78, 5) is 0. The molecule has 14 heavy (non-hydrogen) atoms. The molecule has 2 nitrogen and oxygen atoms in total. The van der Waals surface area contributed by atoms with Gasteiger partial charge in [0, 0.05) is 5.56 Å². The topological polar surface area (TPSA) is 40.5 Å². The molecule has 0 heterocycles. The number of aliphatic hydroxyl groups excluding tert-OH is 1. The molecule has 2 N–H and O–H groups in total. The third kappa shape index (κ3) is 3.04. The van der Waals surface area contributed by atoms with E-state index in [4.69, 9.17) is 0 Å². The Morgan fingerprint density at radius 3 is 2.57 bits per heavy atom. The van der Waals surface area contributed by atoms with Crippen molar-refractivity contribution in [3.8, 4) is 5.75 Å². The van der Waals surface area contributed by atoms with Gasteiger partial charge < -0.3 is 10.2 Å². The fourth-order valence-electron chi connectivity index (χ4n) is 1.51. The van der Waals surface area contributed by atoms with E-state index in [2.05, 4.69) is 6.92 Å². The third-order valence-corrected chi connectivity index (χ3v) is 2.38. The molecule has 0 bridgehead atoms. The van der Waals surface area contributed by atoms with Gasteiger partial charge in [0.05, 0.1) is 6.10 Å². The van der Waals surface area contributed by atoms with E-state index in [0.717, 1.165) is 25.7 Å². The number of hydrogen-bond acceptors (Lipinski definition) is 2. The van der Waals surface area contributed by atoms with Crippen molar-refractivity contribution in [2.24, 2.45) is 0 Å². The molecule has 2 heteroatoms. The van der Waals surface area contributed by atoms with Crippen molar-refractivity contribution in [1.82, 2.24) is 0 Å². The Hall–Kier alpha value is -1.02. The van der Waals surface area contributed by atoms with Crippen molar-refractivity contribution in [2.75, 3.05) is 0 Å². The molecule has 1 rings (SSSR count). The lowest BCUT2D eigenvalue weighted by molar-refractivity contribution is 0.160. The fourth-order valence-corrected chi connectivity index (χ4v) is 1.51. The van der Waals surface area contributed by atoms with Gasteiger partial charge in [-0.3, -0.25) is 0 Å². The van der Waals surface area contributed by atoms with E-state index in [1.54, 1.807) is 18.2 Å². The zero-order chi connectivity index (χ0) is 10.4. The monoisotopic (exact) mass is 194 g/mol. The van der Waals surface area contributed by atoms with Crippen LogP contribution in [-0.2, 0) is 0 Å². The first-order valence-electron chi connectivity index (χ1n) is 5.21. The highest BCUT2D eigenvalue weighted by Crippen LogP contribution is 2.27. The molecule has 0 saturated heterocycles. The number of unbranched alkanes of at least 4 members (excludes halogenated alkanes) is 2. The van der Waals surface area contributed by atoms with Gasteiger partial charge in [-0.2, -0.15) is 0 Å². The minimum atomic E-state index is -0.525. The van der Waals surface area contributed by atoms with Crippen LogP contribution in [0.5, 0.6) is 5.75 Å². The van der Waals surface area contributed by atoms with Crippen LogP contribution in [0.4, 0.5) is 0 Å². The molecule has 1 aromatic rings. The maximum atomic E-state index is 9.77. The predicted molar refractivity (Wildman–Crippen MR) is 57.2 cm³/mol. The van der Waals surface area contributed by atoms with E-state index in [1.165, 1.54) is 0 Å². The molecule has 0 aromatic heterocycles. The van der Waals surface area contributed by atoms with Gasteiger partial charge in [-0.15, -0.1) is 0 Å².